The van der Waals surface area contributed by atoms with Crippen molar-refractivity contribution in [2.24, 2.45) is 0 Å². The van der Waals surface area contributed by atoms with Gasteiger partial charge in [0, 0.05) is 28.5 Å². The molecule has 0 radical (unpaired) electrons. The summed E-state index contributed by atoms with van der Waals surface area (Å²) in [4.78, 5) is 32.0. The van der Waals surface area contributed by atoms with Crippen molar-refractivity contribution in [3.63, 3.8) is 0 Å². The third kappa shape index (κ3) is 6.49. The molecule has 1 N–H and O–H groups in total. The predicted molar refractivity (Wildman–Crippen MR) is 150 cm³/mol. The lowest BCUT2D eigenvalue weighted by Gasteiger charge is -2.30. The lowest BCUT2D eigenvalue weighted by Crippen LogP contribution is -2.45. The number of carbonyl (C=O) groups is 2. The zero-order valence-corrected chi connectivity index (χ0v) is 23.8. The van der Waals surface area contributed by atoms with Gasteiger partial charge in [-0.15, -0.1) is 32.9 Å². The molecule has 1 saturated heterocycles. The molecule has 210 valence electrons. The minimum absolute atomic E-state index is 0.0104. The van der Waals surface area contributed by atoms with E-state index in [1.165, 1.54) is 27.5 Å². The van der Waals surface area contributed by atoms with E-state index in [1.54, 1.807) is 37.3 Å². The monoisotopic (exact) mass is 582 g/mol. The lowest BCUT2D eigenvalue weighted by atomic mass is 10.1. The van der Waals surface area contributed by atoms with Crippen molar-refractivity contribution in [2.45, 2.75) is 38.1 Å². The zero-order valence-electron chi connectivity index (χ0n) is 22.2. The molecule has 13 heteroatoms. The third-order valence-corrected chi connectivity index (χ3v) is 8.28. The highest BCUT2D eigenvalue weighted by atomic mass is 32.1. The second-order valence-corrected chi connectivity index (χ2v) is 11.1. The number of carbonyl (C=O) groups excluding carboxylic acids is 2. The fourth-order valence-corrected chi connectivity index (χ4v) is 6.03. The van der Waals surface area contributed by atoms with Crippen LogP contribution in [0.15, 0.2) is 53.2 Å². The number of methoxy groups -OCH3 is 2. The molecule has 2 amide bonds. The molecule has 0 aliphatic carbocycles. The first-order valence-electron chi connectivity index (χ1n) is 12.8. The summed E-state index contributed by atoms with van der Waals surface area (Å²) in [5, 5.41) is 19.5. The maximum Gasteiger partial charge on any atom is 0.248 e. The molecule has 4 aromatic rings. The molecule has 1 aliphatic rings. The Labute approximate surface area is 239 Å². The highest BCUT2D eigenvalue weighted by Gasteiger charge is 2.33. The van der Waals surface area contributed by atoms with Crippen molar-refractivity contribution >= 4 is 34.5 Å². The number of rotatable bonds is 12. The van der Waals surface area contributed by atoms with E-state index in [0.717, 1.165) is 22.6 Å². The molecule has 0 bridgehead atoms. The fraction of sp³-hybridized carbons (Fsp3) is 0.370. The van der Waals surface area contributed by atoms with Gasteiger partial charge in [0.05, 0.1) is 26.9 Å². The number of aromatic nitrogens is 4. The van der Waals surface area contributed by atoms with Crippen LogP contribution in [0.4, 0.5) is 0 Å². The van der Waals surface area contributed by atoms with Gasteiger partial charge in [-0.2, -0.15) is 4.80 Å². The smallest absolute Gasteiger partial charge is 0.248 e. The molecule has 0 spiro atoms. The topological polar surface area (TPSA) is 121 Å². The van der Waals surface area contributed by atoms with Crippen LogP contribution in [0.1, 0.15) is 28.6 Å². The lowest BCUT2D eigenvalue weighted by molar-refractivity contribution is -0.142. The standard InChI is InChI=1S/C27H30N6O5S2/c1-36-21-10-9-18(14-22(21)37-2)26-29-31-33(30-26)17-24(34)32(16-20-7-4-12-39-20)25(23-8-5-13-40-23)27(35)28-15-19-6-3-11-38-19/h4-5,7-10,12-14,19,25H,3,6,11,15-17H2,1-2H3,(H,28,35)/t19-,25-/m0/s1. The SMILES string of the molecule is COc1ccc(-c2nnn(CC(=O)N(Cc3cccs3)[C@H](C(=O)NC[C@@H]3CCCO3)c3cccs3)n2)cc1OC. The number of hydrogen-bond acceptors (Lipinski definition) is 10. The van der Waals surface area contributed by atoms with E-state index in [1.807, 2.05) is 35.0 Å². The van der Waals surface area contributed by atoms with Crippen molar-refractivity contribution in [2.75, 3.05) is 27.4 Å². The van der Waals surface area contributed by atoms with E-state index in [2.05, 4.69) is 20.7 Å². The summed E-state index contributed by atoms with van der Waals surface area (Å²) in [7, 11) is 3.11. The maximum atomic E-state index is 13.8. The molecule has 4 heterocycles. The zero-order chi connectivity index (χ0) is 27.9. The van der Waals surface area contributed by atoms with Gasteiger partial charge in [-0.05, 0) is 59.1 Å². The van der Waals surface area contributed by atoms with Crippen LogP contribution in [-0.4, -0.2) is 70.4 Å². The molecule has 11 nitrogen and oxygen atoms in total. The Morgan fingerprint density at radius 1 is 1.15 bits per heavy atom. The Balaban J connectivity index is 1.38. The van der Waals surface area contributed by atoms with E-state index >= 15 is 0 Å². The molecule has 1 aromatic carbocycles. The summed E-state index contributed by atoms with van der Waals surface area (Å²) in [6.07, 6.45) is 1.87. The van der Waals surface area contributed by atoms with E-state index in [4.69, 9.17) is 14.2 Å². The number of amides is 2. The third-order valence-electron chi connectivity index (χ3n) is 6.50. The van der Waals surface area contributed by atoms with Crippen LogP contribution >= 0.6 is 22.7 Å². The maximum absolute atomic E-state index is 13.8. The van der Waals surface area contributed by atoms with Crippen LogP contribution in [-0.2, 0) is 27.4 Å². The number of benzene rings is 1. The second-order valence-electron chi connectivity index (χ2n) is 9.11. The van der Waals surface area contributed by atoms with Gasteiger partial charge in [-0.25, -0.2) is 0 Å². The van der Waals surface area contributed by atoms with Crippen LogP contribution in [0, 0.1) is 0 Å². The summed E-state index contributed by atoms with van der Waals surface area (Å²) in [6, 6.07) is 12.1. The quantitative estimate of drug-likeness (QED) is 0.269. The van der Waals surface area contributed by atoms with Gasteiger partial charge in [-0.3, -0.25) is 9.59 Å². The van der Waals surface area contributed by atoms with Gasteiger partial charge in [0.2, 0.25) is 17.6 Å². The molecular formula is C27H30N6O5S2. The van der Waals surface area contributed by atoms with Gasteiger partial charge in [0.1, 0.15) is 12.6 Å². The molecule has 0 saturated carbocycles. The Morgan fingerprint density at radius 2 is 1.98 bits per heavy atom. The minimum Gasteiger partial charge on any atom is -0.493 e. The van der Waals surface area contributed by atoms with Crippen LogP contribution < -0.4 is 14.8 Å². The number of thiophene rings is 2. The average Bonchev–Trinajstić information content (AvgIpc) is 3.80. The first-order valence-corrected chi connectivity index (χ1v) is 14.6. The van der Waals surface area contributed by atoms with Gasteiger partial charge in [-0.1, -0.05) is 12.1 Å². The molecule has 1 aliphatic heterocycles. The van der Waals surface area contributed by atoms with E-state index < -0.39 is 6.04 Å². The van der Waals surface area contributed by atoms with E-state index in [-0.39, 0.29) is 31.0 Å². The molecule has 5 rings (SSSR count). The van der Waals surface area contributed by atoms with Crippen molar-refractivity contribution in [1.82, 2.24) is 30.4 Å². The van der Waals surface area contributed by atoms with Crippen LogP contribution in [0.2, 0.25) is 0 Å². The molecule has 40 heavy (non-hydrogen) atoms. The van der Waals surface area contributed by atoms with E-state index in [9.17, 15) is 9.59 Å². The number of tetrazole rings is 1. The summed E-state index contributed by atoms with van der Waals surface area (Å²) >= 11 is 2.96. The Hall–Kier alpha value is -3.81. The normalized spacial score (nSPS) is 15.5. The highest BCUT2D eigenvalue weighted by Crippen LogP contribution is 2.31. The fourth-order valence-electron chi connectivity index (χ4n) is 4.49. The molecular weight excluding hydrogens is 552 g/mol. The first-order chi connectivity index (χ1) is 19.6. The van der Waals surface area contributed by atoms with Crippen LogP contribution in [0.25, 0.3) is 11.4 Å². The molecule has 3 aromatic heterocycles. The van der Waals surface area contributed by atoms with Crippen molar-refractivity contribution in [3.05, 3.63) is 63.0 Å². The molecule has 2 atom stereocenters. The van der Waals surface area contributed by atoms with Crippen LogP contribution in [0.5, 0.6) is 11.5 Å². The average molecular weight is 583 g/mol. The summed E-state index contributed by atoms with van der Waals surface area (Å²) < 4.78 is 16.4. The number of nitrogens with zero attached hydrogens (tertiary/aromatic N) is 5. The first kappa shape index (κ1) is 27.7. The minimum atomic E-state index is -0.815. The summed E-state index contributed by atoms with van der Waals surface area (Å²) in [6.45, 7) is 1.19. The number of hydrogen-bond donors (Lipinski definition) is 1. The Morgan fingerprint density at radius 3 is 2.67 bits per heavy atom. The van der Waals surface area contributed by atoms with Gasteiger partial charge in [0.15, 0.2) is 11.5 Å². The van der Waals surface area contributed by atoms with Gasteiger partial charge >= 0.3 is 0 Å². The number of ether oxygens (including phenoxy) is 3. The van der Waals surface area contributed by atoms with Crippen molar-refractivity contribution < 1.29 is 23.8 Å². The molecule has 1 fully saturated rings. The Kier molecular flexibility index (Phi) is 9.04. The van der Waals surface area contributed by atoms with Gasteiger partial charge < -0.3 is 24.4 Å². The molecule has 0 unspecified atom stereocenters. The second kappa shape index (κ2) is 13.0. The van der Waals surface area contributed by atoms with Crippen LogP contribution in [0.3, 0.4) is 0 Å². The summed E-state index contributed by atoms with van der Waals surface area (Å²) in [5.41, 5.74) is 0.664. The van der Waals surface area contributed by atoms with Crippen molar-refractivity contribution in [1.29, 1.82) is 0 Å². The Bertz CT molecular complexity index is 1400. The predicted octanol–water partition coefficient (Wildman–Crippen LogP) is 3.55. The van der Waals surface area contributed by atoms with E-state index in [0.29, 0.717) is 36.0 Å². The van der Waals surface area contributed by atoms with Gasteiger partial charge in [0.25, 0.3) is 0 Å². The number of nitrogens with one attached hydrogen (secondary N) is 1. The summed E-state index contributed by atoms with van der Waals surface area (Å²) in [5.74, 6) is 0.885. The van der Waals surface area contributed by atoms with Crippen molar-refractivity contribution in [3.8, 4) is 22.9 Å². The largest absolute Gasteiger partial charge is 0.493 e. The highest BCUT2D eigenvalue weighted by molar-refractivity contribution is 7.10.